The third-order valence-corrected chi connectivity index (χ3v) is 6.22. The van der Waals surface area contributed by atoms with Crippen molar-refractivity contribution in [2.45, 2.75) is 110 Å². The van der Waals surface area contributed by atoms with Crippen LogP contribution in [0.25, 0.3) is 0 Å². The van der Waals surface area contributed by atoms with Gasteiger partial charge in [-0.1, -0.05) is 132 Å². The van der Waals surface area contributed by atoms with Crippen LogP contribution >= 0.6 is 23.2 Å². The van der Waals surface area contributed by atoms with Crippen molar-refractivity contribution in [1.82, 2.24) is 5.43 Å². The lowest BCUT2D eigenvalue weighted by atomic mass is 10.0. The summed E-state index contributed by atoms with van der Waals surface area (Å²) in [6.07, 6.45) is 21.9. The van der Waals surface area contributed by atoms with Gasteiger partial charge >= 0.3 is 0 Å². The average molecular weight is 456 g/mol. The van der Waals surface area contributed by atoms with E-state index in [0.717, 1.165) is 12.8 Å². The molecule has 1 amide bonds. The molecule has 0 atom stereocenters. The van der Waals surface area contributed by atoms with Crippen LogP contribution in [0.5, 0.6) is 0 Å². The molecule has 0 fully saturated rings. The smallest absolute Gasteiger partial charge is 0.240 e. The van der Waals surface area contributed by atoms with Crippen molar-refractivity contribution in [2.24, 2.45) is 5.10 Å². The first-order valence-corrected chi connectivity index (χ1v) is 12.7. The predicted octanol–water partition coefficient (Wildman–Crippen LogP) is 8.71. The summed E-state index contributed by atoms with van der Waals surface area (Å²) in [6.45, 7) is 2.27. The normalized spacial score (nSPS) is 11.3. The van der Waals surface area contributed by atoms with E-state index in [4.69, 9.17) is 23.2 Å². The van der Waals surface area contributed by atoms with Gasteiger partial charge in [-0.25, -0.2) is 5.43 Å². The molecule has 30 heavy (non-hydrogen) atoms. The Balaban J connectivity index is 1.89. The largest absolute Gasteiger partial charge is 0.273 e. The van der Waals surface area contributed by atoms with Gasteiger partial charge in [-0.2, -0.15) is 5.10 Å². The van der Waals surface area contributed by atoms with Crippen LogP contribution in [0.4, 0.5) is 0 Å². The van der Waals surface area contributed by atoms with Crippen LogP contribution < -0.4 is 5.43 Å². The summed E-state index contributed by atoms with van der Waals surface area (Å²) in [7, 11) is 0. The van der Waals surface area contributed by atoms with E-state index >= 15 is 0 Å². The van der Waals surface area contributed by atoms with Gasteiger partial charge in [0.25, 0.3) is 0 Å². The Morgan fingerprint density at radius 3 is 1.87 bits per heavy atom. The molecule has 0 heterocycles. The highest BCUT2D eigenvalue weighted by Crippen LogP contribution is 2.24. The lowest BCUT2D eigenvalue weighted by Crippen LogP contribution is -2.16. The number of nitrogens with one attached hydrogen (secondary N) is 1. The van der Waals surface area contributed by atoms with Gasteiger partial charge in [-0.15, -0.1) is 0 Å². The molecule has 0 aliphatic heterocycles. The standard InChI is InChI=1S/C25H40Cl2N2O/c1-2-3-4-5-6-7-8-9-10-11-12-13-14-15-16-20-24(30)29-28-21-22-18-17-19-23(26)25(22)27/h17-19,21H,2-16,20H2,1H3,(H,29,30)/b28-21+. The summed E-state index contributed by atoms with van der Waals surface area (Å²) >= 11 is 12.0. The van der Waals surface area contributed by atoms with E-state index in [9.17, 15) is 4.79 Å². The van der Waals surface area contributed by atoms with Gasteiger partial charge < -0.3 is 0 Å². The van der Waals surface area contributed by atoms with Crippen molar-refractivity contribution in [1.29, 1.82) is 0 Å². The van der Waals surface area contributed by atoms with Gasteiger partial charge in [-0.05, 0) is 12.5 Å². The second-order valence-electron chi connectivity index (χ2n) is 8.14. The minimum Gasteiger partial charge on any atom is -0.273 e. The zero-order chi connectivity index (χ0) is 21.9. The van der Waals surface area contributed by atoms with Crippen molar-refractivity contribution in [3.05, 3.63) is 33.8 Å². The zero-order valence-electron chi connectivity index (χ0n) is 18.7. The van der Waals surface area contributed by atoms with Crippen LogP contribution in [0, 0.1) is 0 Å². The van der Waals surface area contributed by atoms with E-state index in [1.165, 1.54) is 89.7 Å². The molecule has 0 aromatic heterocycles. The van der Waals surface area contributed by atoms with Crippen LogP contribution in [-0.2, 0) is 4.79 Å². The molecule has 0 saturated heterocycles. The summed E-state index contributed by atoms with van der Waals surface area (Å²) in [4.78, 5) is 11.8. The number of hydrogen-bond acceptors (Lipinski definition) is 2. The zero-order valence-corrected chi connectivity index (χ0v) is 20.2. The number of hydrogen-bond donors (Lipinski definition) is 1. The quantitative estimate of drug-likeness (QED) is 0.134. The van der Waals surface area contributed by atoms with E-state index < -0.39 is 0 Å². The highest BCUT2D eigenvalue weighted by atomic mass is 35.5. The number of rotatable bonds is 18. The number of amides is 1. The number of hydrazone groups is 1. The number of nitrogens with zero attached hydrogens (tertiary/aromatic N) is 1. The third kappa shape index (κ3) is 14.0. The summed E-state index contributed by atoms with van der Waals surface area (Å²) in [6, 6.07) is 5.32. The van der Waals surface area contributed by atoms with Crippen molar-refractivity contribution >= 4 is 35.3 Å². The molecule has 0 aliphatic carbocycles. The lowest BCUT2D eigenvalue weighted by molar-refractivity contribution is -0.121. The van der Waals surface area contributed by atoms with E-state index in [1.807, 2.05) is 0 Å². The monoisotopic (exact) mass is 454 g/mol. The van der Waals surface area contributed by atoms with Gasteiger partial charge in [0, 0.05) is 12.0 Å². The summed E-state index contributed by atoms with van der Waals surface area (Å²) in [5.41, 5.74) is 3.25. The topological polar surface area (TPSA) is 41.5 Å². The number of halogens is 2. The summed E-state index contributed by atoms with van der Waals surface area (Å²) in [5.74, 6) is -0.0564. The number of carbonyl (C=O) groups is 1. The Morgan fingerprint density at radius 2 is 1.33 bits per heavy atom. The second-order valence-corrected chi connectivity index (χ2v) is 8.92. The molecule has 1 aromatic carbocycles. The fourth-order valence-corrected chi connectivity index (χ4v) is 3.86. The van der Waals surface area contributed by atoms with E-state index in [2.05, 4.69) is 17.5 Å². The summed E-state index contributed by atoms with van der Waals surface area (Å²) in [5, 5.41) is 4.88. The van der Waals surface area contributed by atoms with Crippen molar-refractivity contribution in [3.8, 4) is 0 Å². The predicted molar refractivity (Wildman–Crippen MR) is 132 cm³/mol. The minimum absolute atomic E-state index is 0.0564. The molecule has 0 unspecified atom stereocenters. The number of unbranched alkanes of at least 4 members (excludes halogenated alkanes) is 14. The molecule has 1 rings (SSSR count). The van der Waals surface area contributed by atoms with Gasteiger partial charge in [-0.3, -0.25) is 4.79 Å². The molecule has 3 nitrogen and oxygen atoms in total. The fourth-order valence-electron chi connectivity index (χ4n) is 3.51. The van der Waals surface area contributed by atoms with Crippen LogP contribution in [0.2, 0.25) is 10.0 Å². The van der Waals surface area contributed by atoms with Gasteiger partial charge in [0.2, 0.25) is 5.91 Å². The van der Waals surface area contributed by atoms with Crippen molar-refractivity contribution < 1.29 is 4.79 Å². The fraction of sp³-hybridized carbons (Fsp3) is 0.680. The Labute approximate surface area is 194 Å². The van der Waals surface area contributed by atoms with Crippen LogP contribution in [0.3, 0.4) is 0 Å². The highest BCUT2D eigenvalue weighted by Gasteiger charge is 2.03. The molecule has 5 heteroatoms. The maximum Gasteiger partial charge on any atom is 0.240 e. The first-order chi connectivity index (χ1) is 14.6. The number of carbonyl (C=O) groups excluding carboxylic acids is 1. The third-order valence-electron chi connectivity index (χ3n) is 5.38. The molecule has 1 N–H and O–H groups in total. The average Bonchev–Trinajstić information content (AvgIpc) is 2.74. The molecule has 1 aromatic rings. The van der Waals surface area contributed by atoms with Crippen LogP contribution in [0.15, 0.2) is 23.3 Å². The molecule has 170 valence electrons. The first kappa shape index (κ1) is 27.0. The Kier molecular flexibility index (Phi) is 16.8. The molecule has 0 saturated carbocycles. The van der Waals surface area contributed by atoms with Crippen LogP contribution in [0.1, 0.15) is 115 Å². The first-order valence-electron chi connectivity index (χ1n) is 11.9. The van der Waals surface area contributed by atoms with Crippen LogP contribution in [-0.4, -0.2) is 12.1 Å². The lowest BCUT2D eigenvalue weighted by Gasteiger charge is -2.03. The Hall–Kier alpha value is -1.06. The van der Waals surface area contributed by atoms with Gasteiger partial charge in [0.05, 0.1) is 16.3 Å². The highest BCUT2D eigenvalue weighted by molar-refractivity contribution is 6.43. The van der Waals surface area contributed by atoms with Crippen molar-refractivity contribution in [2.75, 3.05) is 0 Å². The molecule has 0 radical (unpaired) electrons. The maximum atomic E-state index is 11.8. The molecular formula is C25H40Cl2N2O. The van der Waals surface area contributed by atoms with Crippen molar-refractivity contribution in [3.63, 3.8) is 0 Å². The van der Waals surface area contributed by atoms with Gasteiger partial charge in [0.1, 0.15) is 0 Å². The number of benzene rings is 1. The summed E-state index contributed by atoms with van der Waals surface area (Å²) < 4.78 is 0. The molecular weight excluding hydrogens is 415 g/mol. The molecule has 0 aliphatic rings. The Bertz CT molecular complexity index is 605. The SMILES string of the molecule is CCCCCCCCCCCCCCCCCC(=O)N/N=C/c1cccc(Cl)c1Cl. The van der Waals surface area contributed by atoms with E-state index in [0.29, 0.717) is 22.0 Å². The maximum absolute atomic E-state index is 11.8. The van der Waals surface area contributed by atoms with E-state index in [-0.39, 0.29) is 5.91 Å². The second kappa shape index (κ2) is 18.7. The molecule has 0 spiro atoms. The van der Waals surface area contributed by atoms with E-state index in [1.54, 1.807) is 18.2 Å². The minimum atomic E-state index is -0.0564. The molecule has 0 bridgehead atoms. The Morgan fingerprint density at radius 1 is 0.833 bits per heavy atom. The van der Waals surface area contributed by atoms with Gasteiger partial charge in [0.15, 0.2) is 0 Å².